The first-order valence-electron chi connectivity index (χ1n) is 34.6. The lowest BCUT2D eigenvalue weighted by molar-refractivity contribution is 0.0726. The minimum absolute atomic E-state index is 0.0233. The first kappa shape index (κ1) is 69.8. The zero-order valence-electron chi connectivity index (χ0n) is 54.6. The summed E-state index contributed by atoms with van der Waals surface area (Å²) < 4.78 is 38.1. The topological polar surface area (TPSA) is 107 Å². The van der Waals surface area contributed by atoms with Gasteiger partial charge in [0.05, 0.1) is 19.8 Å². The molecule has 0 amide bonds. The third-order valence-corrected chi connectivity index (χ3v) is 16.7. The van der Waals surface area contributed by atoms with Crippen molar-refractivity contribution in [2.75, 3.05) is 19.8 Å². The van der Waals surface area contributed by atoms with Gasteiger partial charge in [-0.1, -0.05) is 303 Å². The molecule has 0 saturated carbocycles. The van der Waals surface area contributed by atoms with Gasteiger partial charge in [-0.2, -0.15) is 0 Å². The van der Waals surface area contributed by atoms with Gasteiger partial charge in [0.1, 0.15) is 51.2 Å². The molecule has 7 aromatic rings. The number of carbonyl (C=O) groups is 3. The maximum Gasteiger partial charge on any atom is 0.347 e. The molecule has 0 saturated heterocycles. The fourth-order valence-electron chi connectivity index (χ4n) is 11.4. The summed E-state index contributed by atoms with van der Waals surface area (Å²) in [5.41, 5.74) is 5.82. The molecule has 0 spiro atoms. The van der Waals surface area contributed by atoms with E-state index in [0.29, 0.717) is 37.1 Å². The highest BCUT2D eigenvalue weighted by molar-refractivity contribution is 5.98. The van der Waals surface area contributed by atoms with Crippen molar-refractivity contribution in [3.63, 3.8) is 0 Å². The van der Waals surface area contributed by atoms with Gasteiger partial charge in [0, 0.05) is 18.2 Å². The van der Waals surface area contributed by atoms with Crippen molar-refractivity contribution in [2.24, 2.45) is 0 Å². The van der Waals surface area contributed by atoms with E-state index in [0.717, 1.165) is 91.2 Å². The van der Waals surface area contributed by atoms with Crippen molar-refractivity contribution in [2.45, 2.75) is 213 Å². The normalized spacial score (nSPS) is 11.1. The van der Waals surface area contributed by atoms with Crippen LogP contribution in [-0.4, -0.2) is 37.7 Å². The quantitative estimate of drug-likeness (QED) is 0.0210. The molecule has 7 rings (SSSR count). The molecule has 0 aromatic heterocycles. The van der Waals surface area contributed by atoms with Gasteiger partial charge in [-0.05, 0) is 89.0 Å². The lowest BCUT2D eigenvalue weighted by Gasteiger charge is -2.16. The summed E-state index contributed by atoms with van der Waals surface area (Å²) in [5, 5.41) is 0. The van der Waals surface area contributed by atoms with E-state index in [1.54, 1.807) is 18.2 Å². The summed E-state index contributed by atoms with van der Waals surface area (Å²) in [4.78, 5) is 44.4. The lowest BCUT2D eigenvalue weighted by Crippen LogP contribution is -2.15. The number of rotatable bonds is 45. The van der Waals surface area contributed by atoms with Crippen molar-refractivity contribution < 1.29 is 42.8 Å². The minimum atomic E-state index is -0.706. The summed E-state index contributed by atoms with van der Waals surface area (Å²) in [7, 11) is 0. The monoisotopic (exact) mass is 1220 g/mol. The van der Waals surface area contributed by atoms with Crippen molar-refractivity contribution in [1.82, 2.24) is 0 Å². The predicted octanol–water partition coefficient (Wildman–Crippen LogP) is 23.2. The molecule has 0 bridgehead atoms. The lowest BCUT2D eigenvalue weighted by atomic mass is 10.0. The number of carbonyl (C=O) groups excluding carboxylic acids is 3. The number of hydrogen-bond acceptors (Lipinski definition) is 9. The van der Waals surface area contributed by atoms with Crippen LogP contribution in [-0.2, 0) is 0 Å². The highest BCUT2D eigenvalue weighted by atomic mass is 16.6. The van der Waals surface area contributed by atoms with Crippen LogP contribution in [0.1, 0.15) is 244 Å². The maximum absolute atomic E-state index is 14.8. The molecule has 9 heteroatoms. The van der Waals surface area contributed by atoms with Crippen molar-refractivity contribution in [3.8, 4) is 67.9 Å². The Morgan fingerprint density at radius 1 is 0.244 bits per heavy atom. The Balaban J connectivity index is 1.15. The summed E-state index contributed by atoms with van der Waals surface area (Å²) >= 11 is 0. The van der Waals surface area contributed by atoms with Crippen LogP contribution in [0.4, 0.5) is 0 Å². The molecule has 0 aliphatic rings. The Labute approximate surface area is 539 Å². The Hall–Kier alpha value is -7.65. The van der Waals surface area contributed by atoms with Gasteiger partial charge in [-0.25, -0.2) is 14.4 Å². The summed E-state index contributed by atoms with van der Waals surface area (Å²) in [6.45, 7) is 8.03. The van der Waals surface area contributed by atoms with Crippen LogP contribution in [0.15, 0.2) is 164 Å². The van der Waals surface area contributed by atoms with Gasteiger partial charge >= 0.3 is 17.9 Å². The zero-order valence-corrected chi connectivity index (χ0v) is 54.6. The van der Waals surface area contributed by atoms with Crippen LogP contribution in [0.25, 0.3) is 33.4 Å². The van der Waals surface area contributed by atoms with E-state index < -0.39 is 17.9 Å². The minimum Gasteiger partial charge on any atom is -0.493 e. The highest BCUT2D eigenvalue weighted by Gasteiger charge is 2.24. The largest absolute Gasteiger partial charge is 0.493 e. The van der Waals surface area contributed by atoms with Crippen LogP contribution in [0.3, 0.4) is 0 Å². The fourth-order valence-corrected chi connectivity index (χ4v) is 11.4. The number of unbranched alkanes of at least 4 members (excludes halogenated alkanes) is 27. The summed E-state index contributed by atoms with van der Waals surface area (Å²) in [5.74, 6) is -1.03. The number of hydrogen-bond donors (Lipinski definition) is 0. The first-order valence-corrected chi connectivity index (χ1v) is 34.6. The van der Waals surface area contributed by atoms with E-state index in [2.05, 4.69) is 20.8 Å². The molecule has 0 aliphatic carbocycles. The fraction of sp³-hybridized carbons (Fsp3) is 0.444. The van der Waals surface area contributed by atoms with Crippen LogP contribution < -0.4 is 28.4 Å². The third kappa shape index (κ3) is 25.0. The molecule has 7 aromatic carbocycles. The molecule has 90 heavy (non-hydrogen) atoms. The van der Waals surface area contributed by atoms with Crippen LogP contribution in [0.5, 0.6) is 34.5 Å². The van der Waals surface area contributed by atoms with Gasteiger partial charge < -0.3 is 28.4 Å². The van der Waals surface area contributed by atoms with Gasteiger partial charge in [0.15, 0.2) is 0 Å². The SMILES string of the molecule is CCCCCCCCCCCCOc1ccc(-c2ccccc2)cc1C(=O)Oc1cc(OC(=O)c2cc(-c3ccccc3)ccc2OCCCCCCCCCCCC)cc(OC(=O)c2cc(-c3ccccc3)ccc2OCCCCCCCCCCCC)c1. The molecular weight excluding hydrogens is 1120 g/mol. The summed E-state index contributed by atoms with van der Waals surface area (Å²) in [6, 6.07) is 50.5. The standard InChI is InChI=1S/C81H102O9/c1-4-7-10-13-16-19-22-25-28-40-55-85-76-52-49-67(64-43-34-31-35-44-64)58-73(76)79(82)88-70-61-71(89-80(83)74-59-68(65-45-36-32-37-46-65)50-53-77(74)86-56-41-29-26-23-20-17-14-11-8-5-2)63-72(62-70)90-81(84)75-60-69(66-47-38-33-39-48-66)51-54-78(75)87-57-42-30-27-24-21-18-15-12-9-6-3/h31-39,43-54,58-63H,4-30,40-42,55-57H2,1-3H3. The smallest absolute Gasteiger partial charge is 0.347 e. The number of benzene rings is 7. The van der Waals surface area contributed by atoms with Crippen LogP contribution in [0.2, 0.25) is 0 Å². The molecule has 480 valence electrons. The molecule has 0 aliphatic heterocycles. The van der Waals surface area contributed by atoms with Gasteiger partial charge in [-0.3, -0.25) is 0 Å². The Morgan fingerprint density at radius 3 is 0.700 bits per heavy atom. The van der Waals surface area contributed by atoms with E-state index in [-0.39, 0.29) is 33.9 Å². The molecule has 0 N–H and O–H groups in total. The third-order valence-electron chi connectivity index (χ3n) is 16.7. The van der Waals surface area contributed by atoms with Crippen LogP contribution in [0, 0.1) is 0 Å². The average Bonchev–Trinajstić information content (AvgIpc) is 1.25. The van der Waals surface area contributed by atoms with E-state index in [1.165, 1.54) is 153 Å². The molecule has 0 unspecified atom stereocenters. The van der Waals surface area contributed by atoms with Crippen molar-refractivity contribution in [3.05, 3.63) is 180 Å². The maximum atomic E-state index is 14.8. The Morgan fingerprint density at radius 2 is 0.467 bits per heavy atom. The summed E-state index contributed by atoms with van der Waals surface area (Å²) in [6.07, 6.45) is 35.7. The van der Waals surface area contributed by atoms with Gasteiger partial charge in [0.25, 0.3) is 0 Å². The molecule has 0 fully saturated rings. The Bertz CT molecular complexity index is 2810. The Kier molecular flexibility index (Phi) is 32.3. The molecule has 9 nitrogen and oxygen atoms in total. The van der Waals surface area contributed by atoms with Gasteiger partial charge in [-0.15, -0.1) is 0 Å². The van der Waals surface area contributed by atoms with Crippen LogP contribution >= 0.6 is 0 Å². The predicted molar refractivity (Wildman–Crippen MR) is 369 cm³/mol. The second-order valence-corrected chi connectivity index (χ2v) is 24.1. The molecule has 0 radical (unpaired) electrons. The van der Waals surface area contributed by atoms with E-state index in [4.69, 9.17) is 28.4 Å². The molecule has 0 atom stereocenters. The molecule has 0 heterocycles. The first-order chi connectivity index (χ1) is 44.3. The van der Waals surface area contributed by atoms with Gasteiger partial charge in [0.2, 0.25) is 0 Å². The number of esters is 3. The highest BCUT2D eigenvalue weighted by Crippen LogP contribution is 2.36. The van der Waals surface area contributed by atoms with Crippen molar-refractivity contribution >= 4 is 17.9 Å². The van der Waals surface area contributed by atoms with E-state index in [9.17, 15) is 14.4 Å². The molecular formula is C81H102O9. The second kappa shape index (κ2) is 41.6. The van der Waals surface area contributed by atoms with E-state index in [1.807, 2.05) is 127 Å². The van der Waals surface area contributed by atoms with Crippen molar-refractivity contribution in [1.29, 1.82) is 0 Å². The zero-order chi connectivity index (χ0) is 63.1. The average molecular weight is 1220 g/mol. The van der Waals surface area contributed by atoms with E-state index >= 15 is 0 Å². The number of ether oxygens (including phenoxy) is 6. The second-order valence-electron chi connectivity index (χ2n) is 24.1.